The maximum Gasteiger partial charge on any atom is 0.233 e. The molecule has 0 saturated heterocycles. The Morgan fingerprint density at radius 2 is 2.47 bits per heavy atom. The largest absolute Gasteiger partial charge is 0.355 e. The van der Waals surface area contributed by atoms with Crippen LogP contribution in [-0.4, -0.2) is 35.7 Å². The topological polar surface area (TPSA) is 69.8 Å². The summed E-state index contributed by atoms with van der Waals surface area (Å²) in [7, 11) is 0. The highest BCUT2D eigenvalue weighted by atomic mass is 16.1. The first-order chi connectivity index (χ1) is 8.24. The second-order valence-corrected chi connectivity index (χ2v) is 3.78. The number of terminal acetylenes is 1. The average Bonchev–Trinajstić information content (AvgIpc) is 2.71. The zero-order chi connectivity index (χ0) is 12.5. The van der Waals surface area contributed by atoms with Gasteiger partial charge in [-0.05, 0) is 25.3 Å². The minimum Gasteiger partial charge on any atom is -0.355 e. The molecule has 17 heavy (non-hydrogen) atoms. The van der Waals surface area contributed by atoms with E-state index in [2.05, 4.69) is 26.8 Å². The minimum absolute atomic E-state index is 0.0239. The van der Waals surface area contributed by atoms with Crippen molar-refractivity contribution in [1.29, 1.82) is 0 Å². The maximum atomic E-state index is 11.3. The summed E-state index contributed by atoms with van der Waals surface area (Å²) < 4.78 is 0. The highest BCUT2D eigenvalue weighted by Gasteiger charge is 2.01. The summed E-state index contributed by atoms with van der Waals surface area (Å²) in [6.07, 6.45) is 8.70. The zero-order valence-electron chi connectivity index (χ0n) is 10.0. The smallest absolute Gasteiger partial charge is 0.233 e. The van der Waals surface area contributed by atoms with Crippen LogP contribution in [0.25, 0.3) is 0 Å². The molecule has 0 saturated carbocycles. The van der Waals surface area contributed by atoms with E-state index in [1.54, 1.807) is 0 Å². The molecule has 1 aromatic rings. The predicted molar refractivity (Wildman–Crippen MR) is 66.4 cm³/mol. The van der Waals surface area contributed by atoms with Crippen LogP contribution in [0, 0.1) is 19.3 Å². The molecule has 0 unspecified atom stereocenters. The number of rotatable bonds is 7. The molecule has 0 fully saturated rings. The van der Waals surface area contributed by atoms with Gasteiger partial charge in [-0.3, -0.25) is 15.2 Å². The third-order valence-corrected chi connectivity index (χ3v) is 2.39. The lowest BCUT2D eigenvalue weighted by atomic mass is 10.1. The van der Waals surface area contributed by atoms with Crippen molar-refractivity contribution < 1.29 is 4.79 Å². The number of aromatic nitrogens is 2. The Balaban J connectivity index is 2.06. The highest BCUT2D eigenvalue weighted by molar-refractivity contribution is 5.77. The highest BCUT2D eigenvalue weighted by Crippen LogP contribution is 2.04. The van der Waals surface area contributed by atoms with Gasteiger partial charge in [0.15, 0.2) is 0 Å². The molecule has 5 nitrogen and oxygen atoms in total. The quantitative estimate of drug-likeness (QED) is 0.459. The standard InChI is InChI=1S/C12H18N4O/c1-3-6-13-9-12(17)14-7-4-5-11-8-15-16-10(11)2/h1,8,13H,4-7,9H2,2H3,(H,14,17)(H,15,16). The Hall–Kier alpha value is -1.80. The number of nitrogens with one attached hydrogen (secondary N) is 3. The molecular formula is C12H18N4O. The van der Waals surface area contributed by atoms with E-state index < -0.39 is 0 Å². The second-order valence-electron chi connectivity index (χ2n) is 3.78. The van der Waals surface area contributed by atoms with Crippen molar-refractivity contribution in [3.05, 3.63) is 17.5 Å². The van der Waals surface area contributed by atoms with Gasteiger partial charge >= 0.3 is 0 Å². The number of nitrogens with zero attached hydrogens (tertiary/aromatic N) is 1. The van der Waals surface area contributed by atoms with Crippen molar-refractivity contribution in [2.24, 2.45) is 0 Å². The van der Waals surface area contributed by atoms with Crippen molar-refractivity contribution in [1.82, 2.24) is 20.8 Å². The van der Waals surface area contributed by atoms with E-state index in [9.17, 15) is 4.79 Å². The number of carbonyl (C=O) groups is 1. The van der Waals surface area contributed by atoms with Crippen molar-refractivity contribution >= 4 is 5.91 Å². The van der Waals surface area contributed by atoms with Crippen LogP contribution in [0.5, 0.6) is 0 Å². The van der Waals surface area contributed by atoms with Crippen LogP contribution in [0.3, 0.4) is 0 Å². The summed E-state index contributed by atoms with van der Waals surface area (Å²) in [4.78, 5) is 11.3. The van der Waals surface area contributed by atoms with Crippen molar-refractivity contribution in [3.8, 4) is 12.3 Å². The lowest BCUT2D eigenvalue weighted by Gasteiger charge is -2.04. The number of hydrogen-bond acceptors (Lipinski definition) is 3. The van der Waals surface area contributed by atoms with Gasteiger partial charge in [0.1, 0.15) is 0 Å². The molecule has 0 bridgehead atoms. The molecule has 0 aliphatic heterocycles. The van der Waals surface area contributed by atoms with Crippen LogP contribution in [0.15, 0.2) is 6.20 Å². The minimum atomic E-state index is -0.0239. The van der Waals surface area contributed by atoms with Crippen LogP contribution in [0.4, 0.5) is 0 Å². The molecule has 0 aliphatic rings. The average molecular weight is 234 g/mol. The number of H-pyrrole nitrogens is 1. The van der Waals surface area contributed by atoms with Crippen LogP contribution in [-0.2, 0) is 11.2 Å². The fraction of sp³-hybridized carbons (Fsp3) is 0.500. The lowest BCUT2D eigenvalue weighted by Crippen LogP contribution is -2.34. The van der Waals surface area contributed by atoms with Crippen molar-refractivity contribution in [2.45, 2.75) is 19.8 Å². The molecule has 0 aromatic carbocycles. The van der Waals surface area contributed by atoms with E-state index in [1.165, 1.54) is 5.56 Å². The van der Waals surface area contributed by atoms with Gasteiger partial charge in [-0.25, -0.2) is 0 Å². The molecule has 1 rings (SSSR count). The summed E-state index contributed by atoms with van der Waals surface area (Å²) >= 11 is 0. The first kappa shape index (κ1) is 13.3. The third kappa shape index (κ3) is 5.18. The van der Waals surface area contributed by atoms with Crippen LogP contribution in [0.1, 0.15) is 17.7 Å². The fourth-order valence-electron chi connectivity index (χ4n) is 1.45. The molecule has 0 atom stereocenters. The molecule has 0 spiro atoms. The van der Waals surface area contributed by atoms with Crippen LogP contribution < -0.4 is 10.6 Å². The summed E-state index contributed by atoms with van der Waals surface area (Å²) in [5, 5.41) is 12.5. The van der Waals surface area contributed by atoms with Crippen molar-refractivity contribution in [3.63, 3.8) is 0 Å². The van der Waals surface area contributed by atoms with Gasteiger partial charge in [0.25, 0.3) is 0 Å². The number of hydrogen-bond donors (Lipinski definition) is 3. The van der Waals surface area contributed by atoms with E-state index in [0.29, 0.717) is 13.1 Å². The van der Waals surface area contributed by atoms with Gasteiger partial charge in [0.05, 0.1) is 19.3 Å². The molecule has 1 aromatic heterocycles. The van der Waals surface area contributed by atoms with E-state index >= 15 is 0 Å². The Morgan fingerprint density at radius 1 is 1.65 bits per heavy atom. The van der Waals surface area contributed by atoms with E-state index in [4.69, 9.17) is 6.42 Å². The molecule has 5 heteroatoms. The van der Waals surface area contributed by atoms with Gasteiger partial charge in [0.2, 0.25) is 5.91 Å². The fourth-order valence-corrected chi connectivity index (χ4v) is 1.45. The van der Waals surface area contributed by atoms with Gasteiger partial charge < -0.3 is 5.32 Å². The SMILES string of the molecule is C#CCNCC(=O)NCCCc1cn[nH]c1C. The third-order valence-electron chi connectivity index (χ3n) is 2.39. The normalized spacial score (nSPS) is 9.88. The molecule has 1 heterocycles. The summed E-state index contributed by atoms with van der Waals surface area (Å²) in [5.41, 5.74) is 2.29. The summed E-state index contributed by atoms with van der Waals surface area (Å²) in [5.74, 6) is 2.39. The van der Waals surface area contributed by atoms with Crippen LogP contribution in [0.2, 0.25) is 0 Å². The molecule has 0 aliphatic carbocycles. The van der Waals surface area contributed by atoms with E-state index in [1.807, 2.05) is 13.1 Å². The first-order valence-corrected chi connectivity index (χ1v) is 5.63. The van der Waals surface area contributed by atoms with E-state index in [0.717, 1.165) is 18.5 Å². The summed E-state index contributed by atoms with van der Waals surface area (Å²) in [6, 6.07) is 0. The Labute approximate surface area is 101 Å². The Morgan fingerprint density at radius 3 is 3.12 bits per heavy atom. The molecule has 0 radical (unpaired) electrons. The maximum absolute atomic E-state index is 11.3. The number of carbonyl (C=O) groups excluding carboxylic acids is 1. The molecule has 92 valence electrons. The summed E-state index contributed by atoms with van der Waals surface area (Å²) in [6.45, 7) is 3.35. The Kier molecular flexibility index (Phi) is 5.83. The van der Waals surface area contributed by atoms with E-state index in [-0.39, 0.29) is 12.5 Å². The van der Waals surface area contributed by atoms with Gasteiger partial charge in [-0.1, -0.05) is 5.92 Å². The lowest BCUT2D eigenvalue weighted by molar-refractivity contribution is -0.120. The van der Waals surface area contributed by atoms with Crippen molar-refractivity contribution in [2.75, 3.05) is 19.6 Å². The monoisotopic (exact) mass is 234 g/mol. The second kappa shape index (κ2) is 7.47. The predicted octanol–water partition coefficient (Wildman–Crippen LogP) is -0.0103. The molecule has 3 N–H and O–H groups in total. The van der Waals surface area contributed by atoms with Crippen LogP contribution >= 0.6 is 0 Å². The molecular weight excluding hydrogens is 216 g/mol. The van der Waals surface area contributed by atoms with Gasteiger partial charge in [-0.15, -0.1) is 6.42 Å². The number of aromatic amines is 1. The van der Waals surface area contributed by atoms with Gasteiger partial charge in [0, 0.05) is 12.2 Å². The number of aryl methyl sites for hydroxylation is 2. The van der Waals surface area contributed by atoms with Gasteiger partial charge in [-0.2, -0.15) is 5.10 Å². The zero-order valence-corrected chi connectivity index (χ0v) is 10.0. The first-order valence-electron chi connectivity index (χ1n) is 5.63. The Bertz CT molecular complexity index is 391. The molecule has 1 amide bonds. The number of amides is 1.